The van der Waals surface area contributed by atoms with Crippen molar-refractivity contribution in [2.24, 2.45) is 5.10 Å². The summed E-state index contributed by atoms with van der Waals surface area (Å²) in [6, 6.07) is 16.2. The van der Waals surface area contributed by atoms with Crippen LogP contribution in [0.2, 0.25) is 15.1 Å². The van der Waals surface area contributed by atoms with Crippen LogP contribution in [0.4, 0.5) is 11.4 Å². The standard InChI is InChI=1S/C33H19Cl3N4O8/c1-48-26-10-15(5-8-25(26)41)9-22-28(38-40(32(22)45)27-23(35)13-18(34)14-24(27)36)37-29(42)16-3-2-4-19(11-16)39-30(43)20-7-6-17(33(46)47)12-21(20)31(39)44/h2-14,41H,1H3,(H,46,47)(H,37,38,42)/b22-9-. The number of methoxy groups -OCH3 is 1. The number of aromatic carboxylic acids is 1. The van der Waals surface area contributed by atoms with Gasteiger partial charge in [-0.05, 0) is 72.3 Å². The van der Waals surface area contributed by atoms with Crippen LogP contribution in [-0.4, -0.2) is 52.8 Å². The number of benzene rings is 4. The van der Waals surface area contributed by atoms with Crippen molar-refractivity contribution in [3.63, 3.8) is 0 Å². The highest BCUT2D eigenvalue weighted by atomic mass is 35.5. The normalized spacial score (nSPS) is 14.8. The number of hydrogen-bond donors (Lipinski definition) is 3. The Balaban J connectivity index is 1.36. The summed E-state index contributed by atoms with van der Waals surface area (Å²) in [6.07, 6.45) is 1.40. The van der Waals surface area contributed by atoms with Crippen LogP contribution in [0.25, 0.3) is 6.08 Å². The minimum Gasteiger partial charge on any atom is -0.504 e. The van der Waals surface area contributed by atoms with Gasteiger partial charge in [-0.1, -0.05) is 46.9 Å². The van der Waals surface area contributed by atoms with Crippen molar-refractivity contribution in [2.45, 2.75) is 0 Å². The topological polar surface area (TPSA) is 166 Å². The van der Waals surface area contributed by atoms with E-state index in [2.05, 4.69) is 10.4 Å². The summed E-state index contributed by atoms with van der Waals surface area (Å²) in [4.78, 5) is 66.0. The molecule has 0 atom stereocenters. The number of amides is 4. The van der Waals surface area contributed by atoms with E-state index in [1.165, 1.54) is 79.9 Å². The molecule has 4 aromatic rings. The number of phenols is 1. The first-order valence-corrected chi connectivity index (χ1v) is 14.9. The quantitative estimate of drug-likeness (QED) is 0.162. The molecule has 2 aliphatic rings. The van der Waals surface area contributed by atoms with Crippen LogP contribution in [0, 0.1) is 0 Å². The SMILES string of the molecule is COc1cc(/C=C2\C(=O)N(c3c(Cl)cc(Cl)cc3Cl)N=C2NC(=O)c2cccc(N3C(=O)c4ccc(C(=O)O)cc4C3=O)c2)ccc1O. The lowest BCUT2D eigenvalue weighted by molar-refractivity contribution is -0.114. The third-order valence-electron chi connectivity index (χ3n) is 7.32. The molecule has 48 heavy (non-hydrogen) atoms. The van der Waals surface area contributed by atoms with Gasteiger partial charge in [0.2, 0.25) is 0 Å². The fourth-order valence-corrected chi connectivity index (χ4v) is 6.03. The lowest BCUT2D eigenvalue weighted by atomic mass is 10.1. The Morgan fingerprint density at radius 2 is 1.56 bits per heavy atom. The first kappa shape index (κ1) is 32.3. The van der Waals surface area contributed by atoms with E-state index in [1.54, 1.807) is 0 Å². The van der Waals surface area contributed by atoms with Gasteiger partial charge < -0.3 is 20.3 Å². The summed E-state index contributed by atoms with van der Waals surface area (Å²) in [5, 5.41) is 27.4. The first-order valence-electron chi connectivity index (χ1n) is 13.7. The Morgan fingerprint density at radius 1 is 0.854 bits per heavy atom. The summed E-state index contributed by atoms with van der Waals surface area (Å²) in [5.41, 5.74) is 0.104. The van der Waals surface area contributed by atoms with Gasteiger partial charge >= 0.3 is 5.97 Å². The molecule has 0 fully saturated rings. The number of hydrogen-bond acceptors (Lipinski definition) is 8. The van der Waals surface area contributed by atoms with Crippen molar-refractivity contribution in [1.29, 1.82) is 0 Å². The number of carboxylic acids is 1. The smallest absolute Gasteiger partial charge is 0.335 e. The highest BCUT2D eigenvalue weighted by molar-refractivity contribution is 6.44. The Hall–Kier alpha value is -5.69. The van der Waals surface area contributed by atoms with Crippen LogP contribution in [0.1, 0.15) is 47.0 Å². The van der Waals surface area contributed by atoms with Crippen LogP contribution in [0.5, 0.6) is 11.5 Å². The van der Waals surface area contributed by atoms with Gasteiger partial charge in [0.1, 0.15) is 5.69 Å². The molecule has 15 heteroatoms. The number of halogens is 3. The molecule has 0 bridgehead atoms. The molecule has 0 saturated carbocycles. The number of carbonyl (C=O) groups excluding carboxylic acids is 4. The number of anilines is 2. The molecule has 2 heterocycles. The van der Waals surface area contributed by atoms with Crippen molar-refractivity contribution in [3.05, 3.63) is 121 Å². The summed E-state index contributed by atoms with van der Waals surface area (Å²) < 4.78 is 5.16. The van der Waals surface area contributed by atoms with Gasteiger partial charge in [0.15, 0.2) is 17.3 Å². The Morgan fingerprint density at radius 3 is 2.25 bits per heavy atom. The second kappa shape index (κ2) is 12.5. The average molecular weight is 706 g/mol. The molecule has 3 N–H and O–H groups in total. The van der Waals surface area contributed by atoms with Crippen LogP contribution < -0.4 is 20.0 Å². The van der Waals surface area contributed by atoms with Gasteiger partial charge in [0, 0.05) is 10.6 Å². The van der Waals surface area contributed by atoms with E-state index in [-0.39, 0.29) is 71.6 Å². The average Bonchev–Trinajstić information content (AvgIpc) is 3.48. The number of nitrogens with one attached hydrogen (secondary N) is 1. The fraction of sp³-hybridized carbons (Fsp3) is 0.0303. The number of aromatic hydroxyl groups is 1. The molecule has 0 aliphatic carbocycles. The van der Waals surface area contributed by atoms with E-state index in [1.807, 2.05) is 0 Å². The van der Waals surface area contributed by atoms with Crippen LogP contribution in [0.3, 0.4) is 0 Å². The van der Waals surface area contributed by atoms with Crippen molar-refractivity contribution >= 4 is 87.7 Å². The Bertz CT molecular complexity index is 2160. The lowest BCUT2D eigenvalue weighted by Crippen LogP contribution is -2.32. The maximum Gasteiger partial charge on any atom is 0.335 e. The van der Waals surface area contributed by atoms with Crippen molar-refractivity contribution < 1.29 is 38.9 Å². The van der Waals surface area contributed by atoms with E-state index >= 15 is 0 Å². The monoisotopic (exact) mass is 704 g/mol. The maximum atomic E-state index is 13.8. The molecular formula is C33H19Cl3N4O8. The Kier molecular flexibility index (Phi) is 8.39. The fourth-order valence-electron chi connectivity index (χ4n) is 5.05. The van der Waals surface area contributed by atoms with Gasteiger partial charge in [-0.3, -0.25) is 19.2 Å². The highest BCUT2D eigenvalue weighted by Gasteiger charge is 2.38. The van der Waals surface area contributed by atoms with E-state index < -0.39 is 29.6 Å². The molecule has 0 unspecified atom stereocenters. The second-order valence-corrected chi connectivity index (χ2v) is 11.5. The summed E-state index contributed by atoms with van der Waals surface area (Å²) >= 11 is 18.8. The number of amidine groups is 1. The molecule has 4 amide bonds. The number of hydrazone groups is 1. The van der Waals surface area contributed by atoms with Crippen molar-refractivity contribution in [2.75, 3.05) is 17.0 Å². The minimum absolute atomic E-state index is 0.00449. The van der Waals surface area contributed by atoms with Gasteiger partial charge in [-0.25, -0.2) is 9.69 Å². The van der Waals surface area contributed by atoms with Crippen molar-refractivity contribution in [3.8, 4) is 11.5 Å². The number of carboxylic acid groups (broad SMARTS) is 1. The summed E-state index contributed by atoms with van der Waals surface area (Å²) in [7, 11) is 1.36. The molecule has 0 aromatic heterocycles. The van der Waals surface area contributed by atoms with Gasteiger partial charge in [-0.2, -0.15) is 5.01 Å². The number of ether oxygens (including phenoxy) is 1. The number of rotatable bonds is 6. The first-order chi connectivity index (χ1) is 22.9. The molecule has 6 rings (SSSR count). The van der Waals surface area contributed by atoms with Gasteiger partial charge in [0.25, 0.3) is 23.6 Å². The number of imide groups is 1. The molecule has 0 spiro atoms. The van der Waals surface area contributed by atoms with Crippen molar-refractivity contribution in [1.82, 2.24) is 5.32 Å². The molecular weight excluding hydrogens is 687 g/mol. The molecule has 12 nitrogen and oxygen atoms in total. The van der Waals surface area contributed by atoms with Crippen LogP contribution >= 0.6 is 34.8 Å². The summed E-state index contributed by atoms with van der Waals surface area (Å²) in [5.74, 6) is -4.42. The van der Waals surface area contributed by atoms with E-state index in [9.17, 15) is 34.2 Å². The Labute approximate surface area is 286 Å². The molecule has 240 valence electrons. The minimum atomic E-state index is -1.26. The molecule has 2 aliphatic heterocycles. The number of phenolic OH excluding ortho intramolecular Hbond substituents is 1. The van der Waals surface area contributed by atoms with Gasteiger partial charge in [0.05, 0.1) is 45.1 Å². The predicted octanol–water partition coefficient (Wildman–Crippen LogP) is 6.03. The number of fused-ring (bicyclic) bond motifs is 1. The number of carbonyl (C=O) groups is 5. The highest BCUT2D eigenvalue weighted by Crippen LogP contribution is 2.39. The maximum absolute atomic E-state index is 13.8. The number of nitrogens with zero attached hydrogens (tertiary/aromatic N) is 3. The molecule has 0 saturated heterocycles. The van der Waals surface area contributed by atoms with Crippen LogP contribution in [0.15, 0.2) is 83.5 Å². The third kappa shape index (κ3) is 5.72. The largest absolute Gasteiger partial charge is 0.504 e. The predicted molar refractivity (Wildman–Crippen MR) is 177 cm³/mol. The van der Waals surface area contributed by atoms with E-state index in [4.69, 9.17) is 39.5 Å². The van der Waals surface area contributed by atoms with Crippen LogP contribution in [-0.2, 0) is 4.79 Å². The third-order valence-corrected chi connectivity index (χ3v) is 8.11. The summed E-state index contributed by atoms with van der Waals surface area (Å²) in [6.45, 7) is 0. The zero-order valence-corrected chi connectivity index (χ0v) is 26.6. The van der Waals surface area contributed by atoms with E-state index in [0.29, 0.717) is 5.56 Å². The zero-order valence-electron chi connectivity index (χ0n) is 24.3. The lowest BCUT2D eigenvalue weighted by Gasteiger charge is -2.15. The van der Waals surface area contributed by atoms with Gasteiger partial charge in [-0.15, -0.1) is 5.10 Å². The second-order valence-electron chi connectivity index (χ2n) is 10.3. The zero-order chi connectivity index (χ0) is 34.4. The van der Waals surface area contributed by atoms with E-state index in [0.717, 1.165) is 16.0 Å². The molecule has 0 radical (unpaired) electrons. The molecule has 4 aromatic carbocycles.